The first-order chi connectivity index (χ1) is 13.6. The summed E-state index contributed by atoms with van der Waals surface area (Å²) in [5.74, 6) is 1.93. The maximum atomic E-state index is 6.92. The molecule has 1 aliphatic rings. The van der Waals surface area contributed by atoms with Gasteiger partial charge in [-0.25, -0.2) is 0 Å². The molecule has 1 heterocycles. The summed E-state index contributed by atoms with van der Waals surface area (Å²) in [6.45, 7) is 19.1. The quantitative estimate of drug-likeness (QED) is 0.495. The van der Waals surface area contributed by atoms with Crippen LogP contribution in [0.4, 0.5) is 11.4 Å². The van der Waals surface area contributed by atoms with Gasteiger partial charge in [0.1, 0.15) is 6.67 Å². The summed E-state index contributed by atoms with van der Waals surface area (Å²) in [5, 5.41) is 0. The Bertz CT molecular complexity index is 735. The fourth-order valence-electron chi connectivity index (χ4n) is 4.29. The van der Waals surface area contributed by atoms with E-state index < -0.39 is 8.37 Å². The average Bonchev–Trinajstić information content (AvgIpc) is 2.66. The lowest BCUT2D eigenvalue weighted by Gasteiger charge is -2.53. The molecule has 1 saturated heterocycles. The third-order valence-electron chi connectivity index (χ3n) is 5.96. The molecule has 0 spiro atoms. The number of hydrogen-bond donors (Lipinski definition) is 1. The van der Waals surface area contributed by atoms with Crippen molar-refractivity contribution in [2.45, 2.75) is 79.1 Å². The number of nitrogens with two attached hydrogens (primary N) is 1. The third-order valence-corrected chi connectivity index (χ3v) is 7.61. The summed E-state index contributed by atoms with van der Waals surface area (Å²) >= 11 is 0. The second kappa shape index (κ2) is 8.66. The van der Waals surface area contributed by atoms with E-state index in [1.807, 2.05) is 0 Å². The monoisotopic (exact) mass is 411 g/mol. The van der Waals surface area contributed by atoms with Gasteiger partial charge in [0, 0.05) is 0 Å². The molecule has 0 saturated carbocycles. The van der Waals surface area contributed by atoms with Crippen LogP contribution in [0.3, 0.4) is 0 Å². The van der Waals surface area contributed by atoms with E-state index in [0.717, 1.165) is 6.67 Å². The van der Waals surface area contributed by atoms with Crippen LogP contribution in [0.2, 0.25) is 0 Å². The first kappa shape index (κ1) is 22.1. The van der Waals surface area contributed by atoms with Gasteiger partial charge in [0.15, 0.2) is 8.37 Å². The number of hydrogen-bond acceptors (Lipinski definition) is 3. The second-order valence-electron chi connectivity index (χ2n) is 9.45. The van der Waals surface area contributed by atoms with Crippen LogP contribution in [0.25, 0.3) is 0 Å². The van der Waals surface area contributed by atoms with E-state index in [1.54, 1.807) is 0 Å². The maximum Gasteiger partial charge on any atom is 0.176 e. The fraction of sp³-hybridized carbons (Fsp3) is 0.520. The van der Waals surface area contributed by atoms with Gasteiger partial charge in [0.2, 0.25) is 0 Å². The van der Waals surface area contributed by atoms with Crippen LogP contribution in [-0.4, -0.2) is 6.67 Å². The fourth-order valence-corrected chi connectivity index (χ4v) is 5.73. The Morgan fingerprint density at radius 1 is 0.621 bits per heavy atom. The molecule has 2 aromatic rings. The van der Waals surface area contributed by atoms with Crippen molar-refractivity contribution < 1.29 is 0 Å². The lowest BCUT2D eigenvalue weighted by atomic mass is 9.92. The minimum atomic E-state index is -0.894. The highest BCUT2D eigenvalue weighted by molar-refractivity contribution is 7.60. The average molecular weight is 412 g/mol. The molecular formula is C25H38N3P. The Hall–Kier alpha value is -1.57. The van der Waals surface area contributed by atoms with Gasteiger partial charge in [0.05, 0.1) is 11.4 Å². The normalized spacial score (nSPS) is 15.2. The van der Waals surface area contributed by atoms with Gasteiger partial charge in [-0.2, -0.15) is 0 Å². The predicted molar refractivity (Wildman–Crippen MR) is 130 cm³/mol. The summed E-state index contributed by atoms with van der Waals surface area (Å²) < 4.78 is 4.92. The van der Waals surface area contributed by atoms with E-state index in [2.05, 4.69) is 101 Å². The van der Waals surface area contributed by atoms with Crippen molar-refractivity contribution in [1.82, 2.24) is 0 Å². The summed E-state index contributed by atoms with van der Waals surface area (Å²) in [6.07, 6.45) is 0. The van der Waals surface area contributed by atoms with Gasteiger partial charge in [-0.3, -0.25) is 5.50 Å². The van der Waals surface area contributed by atoms with Crippen LogP contribution in [-0.2, 0) is 0 Å². The van der Waals surface area contributed by atoms with E-state index in [-0.39, 0.29) is 0 Å². The van der Waals surface area contributed by atoms with E-state index in [0.29, 0.717) is 23.7 Å². The van der Waals surface area contributed by atoms with Crippen LogP contribution >= 0.6 is 8.37 Å². The van der Waals surface area contributed by atoms with Crippen molar-refractivity contribution in [3.05, 3.63) is 58.7 Å². The van der Waals surface area contributed by atoms with Crippen molar-refractivity contribution >= 4 is 19.7 Å². The van der Waals surface area contributed by atoms with Crippen LogP contribution in [0, 0.1) is 0 Å². The Balaban J connectivity index is 2.04. The molecule has 1 fully saturated rings. The van der Waals surface area contributed by atoms with Gasteiger partial charge in [-0.1, -0.05) is 91.8 Å². The summed E-state index contributed by atoms with van der Waals surface area (Å²) in [5.41, 5.74) is 15.3. The molecule has 3 rings (SSSR count). The molecule has 158 valence electrons. The van der Waals surface area contributed by atoms with Crippen molar-refractivity contribution in [2.75, 3.05) is 16.0 Å². The molecule has 0 aliphatic carbocycles. The molecule has 0 bridgehead atoms. The highest BCUT2D eigenvalue weighted by Gasteiger charge is 2.40. The van der Waals surface area contributed by atoms with E-state index >= 15 is 0 Å². The van der Waals surface area contributed by atoms with Gasteiger partial charge in [0.25, 0.3) is 0 Å². The molecule has 0 unspecified atom stereocenters. The number of para-hydroxylation sites is 2. The Morgan fingerprint density at radius 3 is 1.10 bits per heavy atom. The summed E-state index contributed by atoms with van der Waals surface area (Å²) in [7, 11) is -0.894. The Morgan fingerprint density at radius 2 is 0.897 bits per heavy atom. The zero-order valence-corrected chi connectivity index (χ0v) is 20.3. The first-order valence-corrected chi connectivity index (χ1v) is 12.3. The zero-order valence-electron chi connectivity index (χ0n) is 19.4. The van der Waals surface area contributed by atoms with Gasteiger partial charge >= 0.3 is 0 Å². The summed E-state index contributed by atoms with van der Waals surface area (Å²) in [4.78, 5) is 0. The van der Waals surface area contributed by atoms with E-state index in [9.17, 15) is 0 Å². The van der Waals surface area contributed by atoms with Crippen LogP contribution in [0.15, 0.2) is 36.4 Å². The predicted octanol–water partition coefficient (Wildman–Crippen LogP) is 7.65. The van der Waals surface area contributed by atoms with Crippen LogP contribution < -0.4 is 14.8 Å². The Labute approximate surface area is 179 Å². The molecule has 0 aromatic heterocycles. The molecule has 3 nitrogen and oxygen atoms in total. The van der Waals surface area contributed by atoms with Crippen LogP contribution in [0.1, 0.15) is 101 Å². The van der Waals surface area contributed by atoms with Crippen molar-refractivity contribution in [1.29, 1.82) is 0 Å². The number of benzene rings is 2. The molecular weight excluding hydrogens is 373 g/mol. The maximum absolute atomic E-state index is 6.92. The minimum absolute atomic E-state index is 0.482. The zero-order chi connectivity index (χ0) is 21.5. The summed E-state index contributed by atoms with van der Waals surface area (Å²) in [6, 6.07) is 13.5. The first-order valence-electron chi connectivity index (χ1n) is 11.0. The van der Waals surface area contributed by atoms with Crippen molar-refractivity contribution in [3.8, 4) is 0 Å². The van der Waals surface area contributed by atoms with Crippen LogP contribution in [0.5, 0.6) is 0 Å². The third kappa shape index (κ3) is 4.05. The Kier molecular flexibility index (Phi) is 6.61. The van der Waals surface area contributed by atoms with E-state index in [4.69, 9.17) is 5.50 Å². The number of rotatable bonds is 6. The van der Waals surface area contributed by atoms with Gasteiger partial charge in [-0.15, -0.1) is 0 Å². The molecule has 2 aromatic carbocycles. The highest BCUT2D eigenvalue weighted by Crippen LogP contribution is 2.57. The smallest absolute Gasteiger partial charge is 0.176 e. The molecule has 0 atom stereocenters. The SMILES string of the molecule is CC(C)c1cccc(C(C)C)c1N1CN(c2c(C(C)C)cccc2C(C)C)P1N. The topological polar surface area (TPSA) is 32.5 Å². The molecule has 0 radical (unpaired) electrons. The number of anilines is 2. The van der Waals surface area contributed by atoms with E-state index in [1.165, 1.54) is 33.6 Å². The lowest BCUT2D eigenvalue weighted by molar-refractivity contribution is 0.794. The van der Waals surface area contributed by atoms with Gasteiger partial charge in [-0.05, 0) is 45.9 Å². The molecule has 1 aliphatic heterocycles. The second-order valence-corrected chi connectivity index (χ2v) is 11.1. The largest absolute Gasteiger partial charge is 0.303 e. The highest BCUT2D eigenvalue weighted by atomic mass is 31.2. The van der Waals surface area contributed by atoms with Gasteiger partial charge < -0.3 is 9.34 Å². The van der Waals surface area contributed by atoms with Crippen molar-refractivity contribution in [3.63, 3.8) is 0 Å². The standard InChI is InChI=1S/C25H38N3P/c1-16(2)20-11-9-12-21(17(3)4)24(20)27-15-28(29(27)26)25-22(18(5)6)13-10-14-23(25)19(7)8/h9-14,16-19H,15,26H2,1-8H3. The molecule has 29 heavy (non-hydrogen) atoms. The molecule has 2 N–H and O–H groups in total. The van der Waals surface area contributed by atoms with Crippen molar-refractivity contribution in [2.24, 2.45) is 5.50 Å². The lowest BCUT2D eigenvalue weighted by Crippen LogP contribution is -2.50. The molecule has 4 heteroatoms. The number of nitrogens with zero attached hydrogens (tertiary/aromatic N) is 2. The molecule has 0 amide bonds. The minimum Gasteiger partial charge on any atom is -0.303 e.